The Hall–Kier alpha value is -0.940. The summed E-state index contributed by atoms with van der Waals surface area (Å²) < 4.78 is 11.0. The Morgan fingerprint density at radius 2 is 2.05 bits per heavy atom. The summed E-state index contributed by atoms with van der Waals surface area (Å²) in [5.41, 5.74) is 0. The average Bonchev–Trinajstić information content (AvgIpc) is 3.19. The van der Waals surface area contributed by atoms with Gasteiger partial charge in [0.1, 0.15) is 6.10 Å². The highest BCUT2D eigenvalue weighted by atomic mass is 16.5. The smallest absolute Gasteiger partial charge is 0.228 e. The lowest BCUT2D eigenvalue weighted by atomic mass is 9.85. The van der Waals surface area contributed by atoms with Gasteiger partial charge in [-0.1, -0.05) is 24.4 Å². The molecule has 2 aliphatic carbocycles. The molecule has 1 aromatic rings. The predicted octanol–water partition coefficient (Wildman–Crippen LogP) is 2.63. The molecule has 0 bridgehead atoms. The van der Waals surface area contributed by atoms with E-state index in [1.807, 2.05) is 0 Å². The molecule has 20 heavy (non-hydrogen) atoms. The van der Waals surface area contributed by atoms with Crippen LogP contribution in [0, 0.1) is 5.92 Å². The molecule has 0 amide bonds. The second-order valence-corrected chi connectivity index (χ2v) is 6.08. The van der Waals surface area contributed by atoms with Crippen molar-refractivity contribution in [2.75, 3.05) is 13.7 Å². The normalized spacial score (nSPS) is 22.1. The lowest BCUT2D eigenvalue weighted by molar-refractivity contribution is 0.0273. The van der Waals surface area contributed by atoms with E-state index in [2.05, 4.69) is 15.5 Å². The second kappa shape index (κ2) is 6.68. The monoisotopic (exact) mass is 279 g/mol. The maximum Gasteiger partial charge on any atom is 0.228 e. The summed E-state index contributed by atoms with van der Waals surface area (Å²) in [7, 11) is 1.75. The average molecular weight is 279 g/mol. The van der Waals surface area contributed by atoms with Crippen molar-refractivity contribution in [1.29, 1.82) is 0 Å². The fraction of sp³-hybridized carbons (Fsp3) is 0.867. The number of hydrogen-bond donors (Lipinski definition) is 1. The van der Waals surface area contributed by atoms with Crippen LogP contribution in [0.25, 0.3) is 0 Å². The minimum Gasteiger partial charge on any atom is -0.373 e. The van der Waals surface area contributed by atoms with Gasteiger partial charge in [0.15, 0.2) is 0 Å². The van der Waals surface area contributed by atoms with Crippen LogP contribution in [-0.4, -0.2) is 29.8 Å². The summed E-state index contributed by atoms with van der Waals surface area (Å²) in [5.74, 6) is 2.01. The summed E-state index contributed by atoms with van der Waals surface area (Å²) in [6.07, 6.45) is 9.79. The summed E-state index contributed by atoms with van der Waals surface area (Å²) in [6, 6.07) is 0.728. The Bertz CT molecular complexity index is 411. The minimum absolute atomic E-state index is 0.00388. The van der Waals surface area contributed by atoms with Crippen molar-refractivity contribution in [3.8, 4) is 0 Å². The van der Waals surface area contributed by atoms with Gasteiger partial charge in [-0.05, 0) is 31.6 Å². The van der Waals surface area contributed by atoms with Crippen LogP contribution in [0.2, 0.25) is 0 Å². The first-order chi connectivity index (χ1) is 9.86. The summed E-state index contributed by atoms with van der Waals surface area (Å²) >= 11 is 0. The van der Waals surface area contributed by atoms with Crippen LogP contribution < -0.4 is 5.32 Å². The zero-order valence-corrected chi connectivity index (χ0v) is 12.3. The molecule has 0 saturated heterocycles. The molecular weight excluding hydrogens is 254 g/mol. The van der Waals surface area contributed by atoms with Crippen molar-refractivity contribution in [3.05, 3.63) is 11.7 Å². The van der Waals surface area contributed by atoms with E-state index < -0.39 is 0 Å². The zero-order chi connectivity index (χ0) is 13.8. The number of aromatic nitrogens is 2. The molecule has 112 valence electrons. The van der Waals surface area contributed by atoms with E-state index in [9.17, 15) is 0 Å². The first-order valence-electron chi connectivity index (χ1n) is 7.95. The van der Waals surface area contributed by atoms with Gasteiger partial charge < -0.3 is 14.6 Å². The SMILES string of the molecule is COC(c1noc(CCNC2CC2)n1)C1CCCCC1. The Kier molecular flexibility index (Phi) is 4.68. The van der Waals surface area contributed by atoms with Gasteiger partial charge in [-0.3, -0.25) is 0 Å². The van der Waals surface area contributed by atoms with Crippen molar-refractivity contribution in [3.63, 3.8) is 0 Å². The van der Waals surface area contributed by atoms with E-state index in [1.54, 1.807) is 7.11 Å². The maximum atomic E-state index is 5.64. The number of methoxy groups -OCH3 is 1. The molecule has 5 nitrogen and oxygen atoms in total. The fourth-order valence-electron chi connectivity index (χ4n) is 3.10. The van der Waals surface area contributed by atoms with Crippen LogP contribution in [0.4, 0.5) is 0 Å². The first-order valence-corrected chi connectivity index (χ1v) is 7.95. The summed E-state index contributed by atoms with van der Waals surface area (Å²) in [4.78, 5) is 4.53. The third kappa shape index (κ3) is 3.58. The molecule has 0 aromatic carbocycles. The molecule has 1 atom stereocenters. The predicted molar refractivity (Wildman–Crippen MR) is 75.4 cm³/mol. The molecule has 0 spiro atoms. The van der Waals surface area contributed by atoms with Crippen molar-refractivity contribution in [1.82, 2.24) is 15.5 Å². The van der Waals surface area contributed by atoms with E-state index in [-0.39, 0.29) is 6.10 Å². The van der Waals surface area contributed by atoms with Crippen LogP contribution in [-0.2, 0) is 11.2 Å². The number of nitrogens with one attached hydrogen (secondary N) is 1. The summed E-state index contributed by atoms with van der Waals surface area (Å²) in [5, 5.41) is 7.60. The third-order valence-electron chi connectivity index (χ3n) is 4.42. The Morgan fingerprint density at radius 3 is 2.75 bits per heavy atom. The van der Waals surface area contributed by atoms with Crippen LogP contribution in [0.1, 0.15) is 62.8 Å². The molecule has 1 heterocycles. The lowest BCUT2D eigenvalue weighted by Crippen LogP contribution is -2.20. The summed E-state index contributed by atoms with van der Waals surface area (Å²) in [6.45, 7) is 0.924. The van der Waals surface area contributed by atoms with Gasteiger partial charge in [0.25, 0.3) is 0 Å². The second-order valence-electron chi connectivity index (χ2n) is 6.08. The van der Waals surface area contributed by atoms with Gasteiger partial charge in [-0.25, -0.2) is 0 Å². The lowest BCUT2D eigenvalue weighted by Gasteiger charge is -2.26. The van der Waals surface area contributed by atoms with E-state index >= 15 is 0 Å². The number of hydrogen-bond acceptors (Lipinski definition) is 5. The van der Waals surface area contributed by atoms with Gasteiger partial charge in [-0.15, -0.1) is 0 Å². The molecule has 3 rings (SSSR count). The van der Waals surface area contributed by atoms with Gasteiger partial charge >= 0.3 is 0 Å². The van der Waals surface area contributed by atoms with E-state index in [0.29, 0.717) is 5.92 Å². The number of rotatable bonds is 7. The van der Waals surface area contributed by atoms with E-state index in [1.165, 1.54) is 44.9 Å². The molecule has 1 unspecified atom stereocenters. The molecule has 1 N–H and O–H groups in total. The number of nitrogens with zero attached hydrogens (tertiary/aromatic N) is 2. The quantitative estimate of drug-likeness (QED) is 0.831. The van der Waals surface area contributed by atoms with Gasteiger partial charge in [0, 0.05) is 26.1 Å². The highest BCUT2D eigenvalue weighted by Crippen LogP contribution is 2.35. The van der Waals surface area contributed by atoms with Gasteiger partial charge in [0.05, 0.1) is 0 Å². The van der Waals surface area contributed by atoms with E-state index in [4.69, 9.17) is 9.26 Å². The molecule has 2 saturated carbocycles. The first kappa shape index (κ1) is 14.0. The number of ether oxygens (including phenoxy) is 1. The Balaban J connectivity index is 1.55. The van der Waals surface area contributed by atoms with Gasteiger partial charge in [0.2, 0.25) is 11.7 Å². The molecule has 0 radical (unpaired) electrons. The van der Waals surface area contributed by atoms with Crippen LogP contribution in [0.15, 0.2) is 4.52 Å². The van der Waals surface area contributed by atoms with Gasteiger partial charge in [-0.2, -0.15) is 4.98 Å². The topological polar surface area (TPSA) is 60.2 Å². The maximum absolute atomic E-state index is 5.64. The van der Waals surface area contributed by atoms with Crippen LogP contribution in [0.5, 0.6) is 0 Å². The highest BCUT2D eigenvalue weighted by Gasteiger charge is 2.29. The zero-order valence-electron chi connectivity index (χ0n) is 12.3. The van der Waals surface area contributed by atoms with E-state index in [0.717, 1.165) is 30.7 Å². The standard InChI is InChI=1S/C15H25N3O2/c1-19-14(11-5-3-2-4-6-11)15-17-13(20-18-15)9-10-16-12-7-8-12/h11-12,14,16H,2-10H2,1H3. The largest absolute Gasteiger partial charge is 0.373 e. The van der Waals surface area contributed by atoms with Crippen LogP contribution in [0.3, 0.4) is 0 Å². The molecule has 0 aliphatic heterocycles. The third-order valence-corrected chi connectivity index (χ3v) is 4.42. The Morgan fingerprint density at radius 1 is 1.25 bits per heavy atom. The molecule has 1 aromatic heterocycles. The minimum atomic E-state index is 0.00388. The Labute approximate surface area is 120 Å². The molecule has 2 aliphatic rings. The fourth-order valence-corrected chi connectivity index (χ4v) is 3.10. The molecular formula is C15H25N3O2. The van der Waals surface area contributed by atoms with Crippen LogP contribution >= 0.6 is 0 Å². The molecule has 5 heteroatoms. The van der Waals surface area contributed by atoms with Crippen molar-refractivity contribution >= 4 is 0 Å². The molecule has 2 fully saturated rings. The van der Waals surface area contributed by atoms with Crippen molar-refractivity contribution in [2.24, 2.45) is 5.92 Å². The van der Waals surface area contributed by atoms with Crippen molar-refractivity contribution < 1.29 is 9.26 Å². The highest BCUT2D eigenvalue weighted by molar-refractivity contribution is 4.95. The van der Waals surface area contributed by atoms with Crippen molar-refractivity contribution in [2.45, 2.75) is 63.5 Å².